The molecule has 9 nitrogen and oxygen atoms in total. The van der Waals surface area contributed by atoms with E-state index in [0.717, 1.165) is 65.5 Å². The van der Waals surface area contributed by atoms with E-state index in [1.165, 1.54) is 6.20 Å². The van der Waals surface area contributed by atoms with Crippen LogP contribution in [0.2, 0.25) is 0 Å². The molecule has 0 N–H and O–H groups in total. The third kappa shape index (κ3) is 5.92. The molecule has 0 aliphatic carbocycles. The predicted molar refractivity (Wildman–Crippen MR) is 152 cm³/mol. The van der Waals surface area contributed by atoms with Crippen molar-refractivity contribution in [3.8, 4) is 17.1 Å². The molecule has 200 valence electrons. The number of ether oxygens (including phenoxy) is 3. The number of methoxy groups -OCH3 is 2. The standard InChI is InChI=1S/C22H28N6O3S.C6H6/c1-6-23-20(29-3)17-18-16(28(22(17)32-5)13-14-7-9-31-10-8-14)11-15(12-24-18)19-21(30-4)25-26-27(19)2;1-2-4-6-5-3-1/h6,11-12,14H,1,7-10,13H2,2-5H3;1-6H. The van der Waals surface area contributed by atoms with Gasteiger partial charge in [-0.05, 0) is 31.1 Å². The van der Waals surface area contributed by atoms with Gasteiger partial charge in [-0.1, -0.05) is 53.3 Å². The van der Waals surface area contributed by atoms with Crippen LogP contribution in [0.4, 0.5) is 0 Å². The number of pyridine rings is 1. The van der Waals surface area contributed by atoms with Crippen LogP contribution in [0, 0.1) is 5.92 Å². The van der Waals surface area contributed by atoms with Gasteiger partial charge in [-0.25, -0.2) is 9.67 Å². The molecule has 3 aromatic heterocycles. The molecule has 38 heavy (non-hydrogen) atoms. The SMILES string of the molecule is C=CN=C(OC)c1c(SC)n(CC2CCOCC2)c2cc(-c3c(OC)nnn3C)cnc12.c1ccccc1. The maximum absolute atomic E-state index is 5.64. The minimum atomic E-state index is 0.465. The molecule has 1 saturated heterocycles. The molecular formula is C28H34N6O3S. The average Bonchev–Trinajstić information content (AvgIpc) is 3.50. The Kier molecular flexibility index (Phi) is 9.56. The van der Waals surface area contributed by atoms with Gasteiger partial charge >= 0.3 is 0 Å². The summed E-state index contributed by atoms with van der Waals surface area (Å²) in [5.74, 6) is 1.49. The van der Waals surface area contributed by atoms with Crippen molar-refractivity contribution in [3.63, 3.8) is 0 Å². The van der Waals surface area contributed by atoms with Crippen LogP contribution in [0.15, 0.2) is 71.5 Å². The first-order chi connectivity index (χ1) is 18.6. The van der Waals surface area contributed by atoms with Crippen LogP contribution in [0.1, 0.15) is 18.4 Å². The average molecular weight is 535 g/mol. The number of aromatic nitrogens is 5. The fraction of sp³-hybridized carbons (Fsp3) is 0.357. The van der Waals surface area contributed by atoms with Crippen molar-refractivity contribution < 1.29 is 14.2 Å². The molecule has 4 aromatic rings. The molecule has 5 rings (SSSR count). The Morgan fingerprint density at radius 2 is 1.87 bits per heavy atom. The van der Waals surface area contributed by atoms with Gasteiger partial charge in [-0.15, -0.1) is 11.8 Å². The molecule has 0 amide bonds. The molecule has 0 spiro atoms. The van der Waals surface area contributed by atoms with Crippen LogP contribution >= 0.6 is 11.8 Å². The van der Waals surface area contributed by atoms with Crippen LogP contribution in [0.5, 0.6) is 5.88 Å². The highest BCUT2D eigenvalue weighted by atomic mass is 32.2. The first kappa shape index (κ1) is 27.4. The van der Waals surface area contributed by atoms with E-state index in [1.807, 2.05) is 49.6 Å². The highest BCUT2D eigenvalue weighted by molar-refractivity contribution is 7.98. The lowest BCUT2D eigenvalue weighted by molar-refractivity contribution is 0.0610. The van der Waals surface area contributed by atoms with Gasteiger partial charge in [0.2, 0.25) is 5.90 Å². The third-order valence-electron chi connectivity index (χ3n) is 6.37. The number of rotatable bonds is 7. The summed E-state index contributed by atoms with van der Waals surface area (Å²) >= 11 is 1.66. The fourth-order valence-electron chi connectivity index (χ4n) is 4.57. The molecule has 1 fully saturated rings. The van der Waals surface area contributed by atoms with E-state index >= 15 is 0 Å². The van der Waals surface area contributed by atoms with Gasteiger partial charge in [-0.3, -0.25) is 4.98 Å². The molecule has 0 unspecified atom stereocenters. The Labute approximate surface area is 227 Å². The summed E-state index contributed by atoms with van der Waals surface area (Å²) in [6.45, 7) is 6.21. The Hall–Kier alpha value is -3.63. The number of aliphatic imine (C=N–C) groups is 1. The van der Waals surface area contributed by atoms with Crippen LogP contribution in [-0.2, 0) is 23.1 Å². The minimum Gasteiger partial charge on any atom is -0.480 e. The van der Waals surface area contributed by atoms with Gasteiger partial charge in [0.1, 0.15) is 11.2 Å². The number of aryl methyl sites for hydroxylation is 1. The summed E-state index contributed by atoms with van der Waals surface area (Å²) in [4.78, 5) is 9.22. The normalized spacial score (nSPS) is 14.2. The van der Waals surface area contributed by atoms with E-state index in [4.69, 9.17) is 19.2 Å². The Balaban J connectivity index is 0.000000494. The Bertz CT molecular complexity index is 1350. The second-order valence-corrected chi connectivity index (χ2v) is 9.48. The number of benzene rings is 1. The smallest absolute Gasteiger partial charge is 0.261 e. The van der Waals surface area contributed by atoms with Crippen molar-refractivity contribution in [1.82, 2.24) is 24.5 Å². The summed E-state index contributed by atoms with van der Waals surface area (Å²) in [6, 6.07) is 14.1. The monoisotopic (exact) mass is 534 g/mol. The molecule has 0 saturated carbocycles. The molecule has 4 heterocycles. The molecule has 0 radical (unpaired) electrons. The van der Waals surface area contributed by atoms with Gasteiger partial charge in [0.05, 0.1) is 30.3 Å². The quantitative estimate of drug-likeness (QED) is 0.183. The zero-order chi connectivity index (χ0) is 26.9. The second kappa shape index (κ2) is 13.3. The lowest BCUT2D eigenvalue weighted by Crippen LogP contribution is -2.21. The van der Waals surface area contributed by atoms with Crippen molar-refractivity contribution in [2.45, 2.75) is 24.4 Å². The molecular weight excluding hydrogens is 500 g/mol. The van der Waals surface area contributed by atoms with Gasteiger partial charge in [0.15, 0.2) is 0 Å². The number of hydrogen-bond donors (Lipinski definition) is 0. The van der Waals surface area contributed by atoms with Crippen LogP contribution in [0.3, 0.4) is 0 Å². The molecule has 0 bridgehead atoms. The fourth-order valence-corrected chi connectivity index (χ4v) is 5.35. The van der Waals surface area contributed by atoms with Crippen molar-refractivity contribution >= 4 is 28.7 Å². The van der Waals surface area contributed by atoms with Crippen LogP contribution in [0.25, 0.3) is 22.3 Å². The van der Waals surface area contributed by atoms with E-state index in [2.05, 4.69) is 38.8 Å². The number of thioether (sulfide) groups is 1. The van der Waals surface area contributed by atoms with E-state index in [-0.39, 0.29) is 0 Å². The van der Waals surface area contributed by atoms with Gasteiger partial charge < -0.3 is 18.8 Å². The van der Waals surface area contributed by atoms with Crippen LogP contribution in [-0.4, -0.2) is 64.1 Å². The topological polar surface area (TPSA) is 88.6 Å². The minimum absolute atomic E-state index is 0.465. The van der Waals surface area contributed by atoms with Crippen LogP contribution < -0.4 is 4.74 Å². The summed E-state index contributed by atoms with van der Waals surface area (Å²) < 4.78 is 20.7. The summed E-state index contributed by atoms with van der Waals surface area (Å²) in [5.41, 5.74) is 4.38. The van der Waals surface area contributed by atoms with Crippen molar-refractivity contribution in [2.24, 2.45) is 18.0 Å². The maximum Gasteiger partial charge on any atom is 0.261 e. The van der Waals surface area contributed by atoms with Gasteiger partial charge in [-0.2, -0.15) is 0 Å². The zero-order valence-electron chi connectivity index (χ0n) is 22.3. The summed E-state index contributed by atoms with van der Waals surface area (Å²) in [7, 11) is 5.05. The highest BCUT2D eigenvalue weighted by Crippen LogP contribution is 2.37. The zero-order valence-corrected chi connectivity index (χ0v) is 23.1. The second-order valence-electron chi connectivity index (χ2n) is 8.69. The lowest BCUT2D eigenvalue weighted by Gasteiger charge is -2.24. The Morgan fingerprint density at radius 1 is 1.18 bits per heavy atom. The maximum atomic E-state index is 5.64. The third-order valence-corrected chi connectivity index (χ3v) is 7.19. The number of nitrogens with zero attached hydrogens (tertiary/aromatic N) is 6. The lowest BCUT2D eigenvalue weighted by atomic mass is 10.0. The number of fused-ring (bicyclic) bond motifs is 1. The van der Waals surface area contributed by atoms with E-state index in [9.17, 15) is 0 Å². The predicted octanol–water partition coefficient (Wildman–Crippen LogP) is 5.21. The van der Waals surface area contributed by atoms with Crippen molar-refractivity contribution in [2.75, 3.05) is 33.7 Å². The van der Waals surface area contributed by atoms with Crippen molar-refractivity contribution in [1.29, 1.82) is 0 Å². The first-order valence-corrected chi connectivity index (χ1v) is 13.7. The van der Waals surface area contributed by atoms with E-state index in [0.29, 0.717) is 17.7 Å². The van der Waals surface area contributed by atoms with Gasteiger partial charge in [0, 0.05) is 44.8 Å². The van der Waals surface area contributed by atoms with E-state index < -0.39 is 0 Å². The summed E-state index contributed by atoms with van der Waals surface area (Å²) in [5, 5.41) is 9.27. The highest BCUT2D eigenvalue weighted by Gasteiger charge is 2.26. The largest absolute Gasteiger partial charge is 0.480 e. The molecule has 0 atom stereocenters. The molecule has 1 aliphatic rings. The van der Waals surface area contributed by atoms with Crippen molar-refractivity contribution in [3.05, 3.63) is 67.0 Å². The molecule has 10 heteroatoms. The first-order valence-electron chi connectivity index (χ1n) is 12.4. The molecule has 1 aromatic carbocycles. The molecule has 1 aliphatic heterocycles. The Morgan fingerprint density at radius 3 is 2.45 bits per heavy atom. The van der Waals surface area contributed by atoms with E-state index in [1.54, 1.807) is 30.7 Å². The summed E-state index contributed by atoms with van der Waals surface area (Å²) in [6.07, 6.45) is 7.44. The van der Waals surface area contributed by atoms with Gasteiger partial charge in [0.25, 0.3) is 5.88 Å². The number of hydrogen-bond acceptors (Lipinski definition) is 8.